The van der Waals surface area contributed by atoms with Crippen molar-refractivity contribution in [2.45, 2.75) is 0 Å². The predicted molar refractivity (Wildman–Crippen MR) is 64.5 cm³/mol. The highest BCUT2D eigenvalue weighted by molar-refractivity contribution is 6.10. The first-order valence-corrected chi connectivity index (χ1v) is 5.13. The summed E-state index contributed by atoms with van der Waals surface area (Å²) in [6, 6.07) is 3.70. The van der Waals surface area contributed by atoms with Gasteiger partial charge in [0.05, 0.1) is 7.11 Å². The fourth-order valence-corrected chi connectivity index (χ4v) is 1.79. The van der Waals surface area contributed by atoms with Crippen LogP contribution in [0, 0.1) is 0 Å². The highest BCUT2D eigenvalue weighted by atomic mass is 16.5. The van der Waals surface area contributed by atoms with Gasteiger partial charge in [0.2, 0.25) is 0 Å². The number of fused-ring (bicyclic) bond motifs is 1. The molecule has 0 radical (unpaired) electrons. The zero-order valence-corrected chi connectivity index (χ0v) is 9.80. The van der Waals surface area contributed by atoms with Crippen molar-refractivity contribution < 1.29 is 23.8 Å². The summed E-state index contributed by atoms with van der Waals surface area (Å²) in [6.07, 6.45) is 0. The van der Waals surface area contributed by atoms with Gasteiger partial charge in [-0.1, -0.05) is 0 Å². The maximum atomic E-state index is 11.5. The molecular formula is C12H9NO6. The molecule has 0 saturated carbocycles. The molecule has 1 heterocycles. The average Bonchev–Trinajstić information content (AvgIpc) is 2.35. The maximum absolute atomic E-state index is 11.5. The fourth-order valence-electron chi connectivity index (χ4n) is 1.79. The van der Waals surface area contributed by atoms with E-state index in [1.54, 1.807) is 0 Å². The molecule has 2 aromatic rings. The van der Waals surface area contributed by atoms with Gasteiger partial charge in [-0.15, -0.1) is 0 Å². The zero-order chi connectivity index (χ0) is 14.2. The molecule has 7 nitrogen and oxygen atoms in total. The largest absolute Gasteiger partial charge is 0.495 e. The fraction of sp³-hybridized carbons (Fsp3) is 0.0833. The Hall–Kier alpha value is -2.83. The Kier molecular flexibility index (Phi) is 2.95. The van der Waals surface area contributed by atoms with Crippen molar-refractivity contribution in [2.75, 3.05) is 7.11 Å². The summed E-state index contributed by atoms with van der Waals surface area (Å²) < 4.78 is 9.81. The monoisotopic (exact) mass is 263 g/mol. The van der Waals surface area contributed by atoms with E-state index in [-0.39, 0.29) is 27.8 Å². The van der Waals surface area contributed by atoms with Crippen LogP contribution in [0.15, 0.2) is 27.4 Å². The molecule has 19 heavy (non-hydrogen) atoms. The summed E-state index contributed by atoms with van der Waals surface area (Å²) >= 11 is 0. The average molecular weight is 263 g/mol. The summed E-state index contributed by atoms with van der Waals surface area (Å²) in [4.78, 5) is 33.8. The number of primary amides is 1. The Balaban J connectivity index is 3.03. The first-order valence-electron chi connectivity index (χ1n) is 5.13. The Labute approximate surface area is 106 Å². The molecule has 1 amide bonds. The number of nitrogens with two attached hydrogens (primary N) is 1. The van der Waals surface area contributed by atoms with Crippen LogP contribution in [0.2, 0.25) is 0 Å². The number of carbonyl (C=O) groups is 2. The number of rotatable bonds is 3. The molecule has 0 aliphatic heterocycles. The standard InChI is InChI=1S/C12H9NO6/c1-18-10-6(12(16)17)4-5-2-3-7(14)19-9(5)8(10)11(13)15/h2-4H,1H3,(H2,13,15)(H,16,17). The quantitative estimate of drug-likeness (QED) is 0.782. The molecular weight excluding hydrogens is 254 g/mol. The van der Waals surface area contributed by atoms with Crippen LogP contribution in [0.25, 0.3) is 11.0 Å². The van der Waals surface area contributed by atoms with Crippen molar-refractivity contribution in [3.8, 4) is 5.75 Å². The van der Waals surface area contributed by atoms with E-state index in [1.165, 1.54) is 19.2 Å². The number of carboxylic acids is 1. The number of benzene rings is 1. The minimum Gasteiger partial charge on any atom is -0.495 e. The third-order valence-corrected chi connectivity index (χ3v) is 2.54. The van der Waals surface area contributed by atoms with Gasteiger partial charge in [-0.2, -0.15) is 0 Å². The van der Waals surface area contributed by atoms with Crippen molar-refractivity contribution in [2.24, 2.45) is 5.73 Å². The number of ether oxygens (including phenoxy) is 1. The smallest absolute Gasteiger partial charge is 0.339 e. The lowest BCUT2D eigenvalue weighted by molar-refractivity contribution is 0.0693. The van der Waals surface area contributed by atoms with E-state index < -0.39 is 17.5 Å². The molecule has 98 valence electrons. The summed E-state index contributed by atoms with van der Waals surface area (Å²) in [5, 5.41) is 9.36. The molecule has 3 N–H and O–H groups in total. The lowest BCUT2D eigenvalue weighted by atomic mass is 10.0. The zero-order valence-electron chi connectivity index (χ0n) is 9.80. The number of aromatic carboxylic acids is 1. The second kappa shape index (κ2) is 4.45. The molecule has 0 bridgehead atoms. The number of carboxylic acid groups (broad SMARTS) is 1. The van der Waals surface area contributed by atoms with Crippen LogP contribution in [-0.2, 0) is 0 Å². The van der Waals surface area contributed by atoms with Gasteiger partial charge in [0, 0.05) is 11.5 Å². The van der Waals surface area contributed by atoms with Crippen molar-refractivity contribution in [1.29, 1.82) is 0 Å². The topological polar surface area (TPSA) is 120 Å². The predicted octanol–water partition coefficient (Wildman–Crippen LogP) is 0.599. The van der Waals surface area contributed by atoms with E-state index in [4.69, 9.17) is 20.0 Å². The molecule has 0 aliphatic rings. The van der Waals surface area contributed by atoms with Crippen LogP contribution in [0.3, 0.4) is 0 Å². The van der Waals surface area contributed by atoms with Crippen LogP contribution in [0.5, 0.6) is 5.75 Å². The molecule has 2 rings (SSSR count). The Morgan fingerprint density at radius 3 is 2.58 bits per heavy atom. The Morgan fingerprint density at radius 2 is 2.05 bits per heavy atom. The maximum Gasteiger partial charge on any atom is 0.339 e. The van der Waals surface area contributed by atoms with E-state index in [2.05, 4.69) is 0 Å². The highest BCUT2D eigenvalue weighted by Crippen LogP contribution is 2.31. The van der Waals surface area contributed by atoms with E-state index >= 15 is 0 Å². The Morgan fingerprint density at radius 1 is 1.37 bits per heavy atom. The van der Waals surface area contributed by atoms with E-state index in [1.807, 2.05) is 0 Å². The molecule has 1 aromatic heterocycles. The lowest BCUT2D eigenvalue weighted by Gasteiger charge is -2.11. The van der Waals surface area contributed by atoms with E-state index in [0.29, 0.717) is 0 Å². The number of amides is 1. The van der Waals surface area contributed by atoms with Gasteiger partial charge >= 0.3 is 11.6 Å². The number of methoxy groups -OCH3 is 1. The van der Waals surface area contributed by atoms with Crippen molar-refractivity contribution in [3.05, 3.63) is 39.7 Å². The minimum absolute atomic E-state index is 0.0955. The minimum atomic E-state index is -1.28. The first-order chi connectivity index (χ1) is 8.95. The molecule has 0 aliphatic carbocycles. The van der Waals surface area contributed by atoms with Crippen molar-refractivity contribution in [3.63, 3.8) is 0 Å². The van der Waals surface area contributed by atoms with Gasteiger partial charge in [-0.05, 0) is 12.1 Å². The molecule has 0 unspecified atom stereocenters. The highest BCUT2D eigenvalue weighted by Gasteiger charge is 2.23. The first kappa shape index (κ1) is 12.6. The van der Waals surface area contributed by atoms with Crippen LogP contribution in [0.1, 0.15) is 20.7 Å². The molecule has 0 spiro atoms. The molecule has 0 atom stereocenters. The summed E-state index contributed by atoms with van der Waals surface area (Å²) in [7, 11) is 1.20. The van der Waals surface area contributed by atoms with Crippen LogP contribution < -0.4 is 16.1 Å². The van der Waals surface area contributed by atoms with E-state index in [0.717, 1.165) is 6.07 Å². The van der Waals surface area contributed by atoms with Crippen LogP contribution >= 0.6 is 0 Å². The number of hydrogen-bond donors (Lipinski definition) is 2. The third kappa shape index (κ3) is 2.01. The summed E-state index contributed by atoms with van der Waals surface area (Å²) in [5.74, 6) is -2.46. The second-order valence-corrected chi connectivity index (χ2v) is 3.67. The number of hydrogen-bond acceptors (Lipinski definition) is 5. The van der Waals surface area contributed by atoms with Crippen molar-refractivity contribution in [1.82, 2.24) is 0 Å². The van der Waals surface area contributed by atoms with Crippen LogP contribution in [-0.4, -0.2) is 24.1 Å². The van der Waals surface area contributed by atoms with Gasteiger partial charge in [-0.25, -0.2) is 9.59 Å². The molecule has 7 heteroatoms. The third-order valence-electron chi connectivity index (χ3n) is 2.54. The molecule has 0 fully saturated rings. The van der Waals surface area contributed by atoms with E-state index in [9.17, 15) is 14.4 Å². The summed E-state index contributed by atoms with van der Waals surface area (Å²) in [6.45, 7) is 0. The molecule has 0 saturated heterocycles. The number of carbonyl (C=O) groups excluding carboxylic acids is 1. The van der Waals surface area contributed by atoms with Gasteiger partial charge in [0.25, 0.3) is 5.91 Å². The summed E-state index contributed by atoms with van der Waals surface area (Å²) in [5.41, 5.74) is 3.92. The second-order valence-electron chi connectivity index (χ2n) is 3.67. The normalized spacial score (nSPS) is 10.4. The lowest BCUT2D eigenvalue weighted by Crippen LogP contribution is -2.16. The van der Waals surface area contributed by atoms with Gasteiger partial charge < -0.3 is 20.0 Å². The SMILES string of the molecule is COc1c(C(=O)O)cc2ccc(=O)oc2c1C(N)=O. The Bertz CT molecular complexity index is 746. The van der Waals surface area contributed by atoms with Gasteiger partial charge in [0.1, 0.15) is 16.9 Å². The van der Waals surface area contributed by atoms with Crippen molar-refractivity contribution >= 4 is 22.8 Å². The van der Waals surface area contributed by atoms with Gasteiger partial charge in [0.15, 0.2) is 5.58 Å². The molecule has 1 aromatic carbocycles. The van der Waals surface area contributed by atoms with Crippen LogP contribution in [0.4, 0.5) is 0 Å². The van der Waals surface area contributed by atoms with Gasteiger partial charge in [-0.3, -0.25) is 4.79 Å².